The van der Waals surface area contributed by atoms with Crippen molar-refractivity contribution in [1.29, 1.82) is 0 Å². The van der Waals surface area contributed by atoms with Crippen LogP contribution in [-0.4, -0.2) is 4.98 Å². The molecule has 18 heavy (non-hydrogen) atoms. The predicted molar refractivity (Wildman–Crippen MR) is 77.1 cm³/mol. The minimum atomic E-state index is 0.567. The third-order valence-electron chi connectivity index (χ3n) is 2.86. The summed E-state index contributed by atoms with van der Waals surface area (Å²) in [6.07, 6.45) is 1.73. The van der Waals surface area contributed by atoms with Crippen LogP contribution in [0.2, 0.25) is 5.02 Å². The fourth-order valence-corrected chi connectivity index (χ4v) is 1.91. The highest BCUT2D eigenvalue weighted by Gasteiger charge is 2.01. The second-order valence-corrected chi connectivity index (χ2v) is 4.99. The molecule has 2 nitrogen and oxygen atoms in total. The molecule has 0 aliphatic carbocycles. The van der Waals surface area contributed by atoms with Gasteiger partial charge in [-0.05, 0) is 29.2 Å². The van der Waals surface area contributed by atoms with Gasteiger partial charge in [0.1, 0.15) is 5.82 Å². The molecule has 0 saturated carbocycles. The summed E-state index contributed by atoms with van der Waals surface area (Å²) in [7, 11) is 0. The predicted octanol–water partition coefficient (Wildman–Crippen LogP) is 4.47. The van der Waals surface area contributed by atoms with Crippen LogP contribution in [-0.2, 0) is 6.54 Å². The molecular weight excluding hydrogens is 244 g/mol. The first-order valence-electron chi connectivity index (χ1n) is 6.10. The summed E-state index contributed by atoms with van der Waals surface area (Å²) in [5.41, 5.74) is 2.58. The van der Waals surface area contributed by atoms with E-state index in [1.807, 2.05) is 12.1 Å². The smallest absolute Gasteiger partial charge is 0.145 e. The summed E-state index contributed by atoms with van der Waals surface area (Å²) in [5, 5.41) is 3.88. The Balaban J connectivity index is 2.00. The highest BCUT2D eigenvalue weighted by molar-refractivity contribution is 6.32. The molecule has 1 N–H and O–H groups in total. The molecular formula is C15H17ClN2. The molecule has 0 bridgehead atoms. The zero-order chi connectivity index (χ0) is 13.0. The van der Waals surface area contributed by atoms with Gasteiger partial charge >= 0.3 is 0 Å². The summed E-state index contributed by atoms with van der Waals surface area (Å²) in [5.74, 6) is 1.30. The van der Waals surface area contributed by atoms with Crippen LogP contribution in [0.1, 0.15) is 30.9 Å². The number of aromatic nitrogens is 1. The van der Waals surface area contributed by atoms with E-state index in [1.54, 1.807) is 6.20 Å². The molecule has 3 heteroatoms. The normalized spacial score (nSPS) is 10.7. The average molecular weight is 261 g/mol. The van der Waals surface area contributed by atoms with Crippen LogP contribution in [0.4, 0.5) is 5.82 Å². The molecule has 1 aromatic heterocycles. The first kappa shape index (κ1) is 12.9. The largest absolute Gasteiger partial charge is 0.365 e. The van der Waals surface area contributed by atoms with Crippen molar-refractivity contribution in [2.24, 2.45) is 0 Å². The van der Waals surface area contributed by atoms with Crippen molar-refractivity contribution in [2.45, 2.75) is 26.3 Å². The standard InChI is InChI=1S/C15H17ClN2/c1-11(2)13-7-5-12(6-8-13)10-18-15-14(16)4-3-9-17-15/h3-9,11H,10H2,1-2H3,(H,17,18). The maximum Gasteiger partial charge on any atom is 0.145 e. The van der Waals surface area contributed by atoms with Crippen molar-refractivity contribution in [2.75, 3.05) is 5.32 Å². The third-order valence-corrected chi connectivity index (χ3v) is 3.17. The zero-order valence-corrected chi connectivity index (χ0v) is 11.4. The highest BCUT2D eigenvalue weighted by atomic mass is 35.5. The van der Waals surface area contributed by atoms with E-state index in [0.29, 0.717) is 10.9 Å². The molecule has 0 radical (unpaired) electrons. The number of rotatable bonds is 4. The monoisotopic (exact) mass is 260 g/mol. The van der Waals surface area contributed by atoms with Crippen LogP contribution in [0.25, 0.3) is 0 Å². The lowest BCUT2D eigenvalue weighted by atomic mass is 10.0. The Morgan fingerprint density at radius 1 is 1.17 bits per heavy atom. The number of hydrogen-bond donors (Lipinski definition) is 1. The van der Waals surface area contributed by atoms with Crippen molar-refractivity contribution in [1.82, 2.24) is 4.98 Å². The van der Waals surface area contributed by atoms with E-state index < -0.39 is 0 Å². The molecule has 94 valence electrons. The Labute approximate surface area is 113 Å². The van der Waals surface area contributed by atoms with Crippen molar-refractivity contribution in [3.8, 4) is 0 Å². The first-order chi connectivity index (χ1) is 8.66. The highest BCUT2D eigenvalue weighted by Crippen LogP contribution is 2.19. The quantitative estimate of drug-likeness (QED) is 0.877. The van der Waals surface area contributed by atoms with Crippen LogP contribution in [0.3, 0.4) is 0 Å². The van der Waals surface area contributed by atoms with Gasteiger partial charge in [-0.25, -0.2) is 4.98 Å². The fraction of sp³-hybridized carbons (Fsp3) is 0.267. The summed E-state index contributed by atoms with van der Waals surface area (Å²) in [6, 6.07) is 12.3. The number of halogens is 1. The maximum absolute atomic E-state index is 6.03. The minimum absolute atomic E-state index is 0.567. The van der Waals surface area contributed by atoms with E-state index in [9.17, 15) is 0 Å². The third kappa shape index (κ3) is 3.23. The van der Waals surface area contributed by atoms with E-state index in [2.05, 4.69) is 48.4 Å². The molecule has 0 unspecified atom stereocenters. The summed E-state index contributed by atoms with van der Waals surface area (Å²) < 4.78 is 0. The molecule has 0 spiro atoms. The van der Waals surface area contributed by atoms with Crippen molar-refractivity contribution >= 4 is 17.4 Å². The van der Waals surface area contributed by atoms with Gasteiger partial charge in [-0.1, -0.05) is 49.7 Å². The number of anilines is 1. The van der Waals surface area contributed by atoms with Gasteiger partial charge in [0.25, 0.3) is 0 Å². The second-order valence-electron chi connectivity index (χ2n) is 4.58. The lowest BCUT2D eigenvalue weighted by Crippen LogP contribution is -2.01. The molecule has 0 amide bonds. The Morgan fingerprint density at radius 2 is 1.89 bits per heavy atom. The number of nitrogens with one attached hydrogen (secondary N) is 1. The maximum atomic E-state index is 6.03. The van der Waals surface area contributed by atoms with Gasteiger partial charge in [0, 0.05) is 12.7 Å². The molecule has 1 aromatic carbocycles. The van der Waals surface area contributed by atoms with Crippen molar-refractivity contribution in [3.05, 3.63) is 58.7 Å². The summed E-state index contributed by atoms with van der Waals surface area (Å²) in [6.45, 7) is 5.12. The molecule has 0 aliphatic heterocycles. The Kier molecular flexibility index (Phi) is 4.21. The van der Waals surface area contributed by atoms with Crippen LogP contribution >= 0.6 is 11.6 Å². The minimum Gasteiger partial charge on any atom is -0.365 e. The van der Waals surface area contributed by atoms with Gasteiger partial charge in [-0.3, -0.25) is 0 Å². The van der Waals surface area contributed by atoms with E-state index in [4.69, 9.17) is 11.6 Å². The molecule has 2 rings (SSSR count). The van der Waals surface area contributed by atoms with Crippen LogP contribution < -0.4 is 5.32 Å². The lowest BCUT2D eigenvalue weighted by Gasteiger charge is -2.09. The SMILES string of the molecule is CC(C)c1ccc(CNc2ncccc2Cl)cc1. The molecule has 2 aromatic rings. The average Bonchev–Trinajstić information content (AvgIpc) is 2.38. The number of nitrogens with zero attached hydrogens (tertiary/aromatic N) is 1. The zero-order valence-electron chi connectivity index (χ0n) is 10.7. The summed E-state index contributed by atoms with van der Waals surface area (Å²) in [4.78, 5) is 4.20. The molecule has 1 heterocycles. The molecule has 0 atom stereocenters. The number of pyridine rings is 1. The lowest BCUT2D eigenvalue weighted by molar-refractivity contribution is 0.865. The van der Waals surface area contributed by atoms with Gasteiger partial charge in [0.05, 0.1) is 5.02 Å². The fourth-order valence-electron chi connectivity index (χ4n) is 1.72. The van der Waals surface area contributed by atoms with Crippen molar-refractivity contribution in [3.63, 3.8) is 0 Å². The van der Waals surface area contributed by atoms with Gasteiger partial charge in [-0.2, -0.15) is 0 Å². The van der Waals surface area contributed by atoms with E-state index in [1.165, 1.54) is 11.1 Å². The molecule has 0 aliphatic rings. The Hall–Kier alpha value is -1.54. The van der Waals surface area contributed by atoms with Gasteiger partial charge < -0.3 is 5.32 Å². The van der Waals surface area contributed by atoms with E-state index in [-0.39, 0.29) is 0 Å². The van der Waals surface area contributed by atoms with Crippen LogP contribution in [0.5, 0.6) is 0 Å². The summed E-state index contributed by atoms with van der Waals surface area (Å²) >= 11 is 6.03. The number of hydrogen-bond acceptors (Lipinski definition) is 2. The van der Waals surface area contributed by atoms with E-state index in [0.717, 1.165) is 12.4 Å². The molecule has 0 saturated heterocycles. The topological polar surface area (TPSA) is 24.9 Å². The van der Waals surface area contributed by atoms with Crippen LogP contribution in [0, 0.1) is 0 Å². The van der Waals surface area contributed by atoms with E-state index >= 15 is 0 Å². The Bertz CT molecular complexity index is 506. The Morgan fingerprint density at radius 3 is 2.50 bits per heavy atom. The van der Waals surface area contributed by atoms with Gasteiger partial charge in [0.15, 0.2) is 0 Å². The van der Waals surface area contributed by atoms with Gasteiger partial charge in [-0.15, -0.1) is 0 Å². The first-order valence-corrected chi connectivity index (χ1v) is 6.48. The second kappa shape index (κ2) is 5.87. The van der Waals surface area contributed by atoms with Crippen molar-refractivity contribution < 1.29 is 0 Å². The molecule has 0 fully saturated rings. The number of benzene rings is 1. The van der Waals surface area contributed by atoms with Gasteiger partial charge in [0.2, 0.25) is 0 Å². The van der Waals surface area contributed by atoms with Crippen LogP contribution in [0.15, 0.2) is 42.6 Å².